The molecule has 6 heteroatoms. The Morgan fingerprint density at radius 3 is 2.17 bits per heavy atom. The monoisotopic (exact) mass is 860 g/mol. The van der Waals surface area contributed by atoms with Gasteiger partial charge in [0, 0.05) is 61.2 Å². The molecule has 0 bridgehead atoms. The maximum absolute atomic E-state index is 6.52. The van der Waals surface area contributed by atoms with E-state index in [1.807, 2.05) is 24.4 Å². The van der Waals surface area contributed by atoms with Gasteiger partial charge in [-0.25, -0.2) is 4.98 Å². The van der Waals surface area contributed by atoms with Gasteiger partial charge in [0.15, 0.2) is 0 Å². The molecule has 0 unspecified atom stereocenters. The minimum Gasteiger partial charge on any atom is -0.509 e. The summed E-state index contributed by atoms with van der Waals surface area (Å²) in [4.78, 5) is 9.23. The molecule has 1 aliphatic heterocycles. The molecule has 2 aromatic heterocycles. The normalized spacial score (nSPS) is 13.1. The topological polar surface area (TPSA) is 33.5 Å². The van der Waals surface area contributed by atoms with Crippen LogP contribution in [-0.4, -0.2) is 9.55 Å². The van der Waals surface area contributed by atoms with Crippen molar-refractivity contribution in [3.05, 3.63) is 168 Å². The van der Waals surface area contributed by atoms with E-state index in [2.05, 4.69) is 173 Å². The van der Waals surface area contributed by atoms with Crippen LogP contribution in [0, 0.1) is 46.5 Å². The molecule has 0 N–H and O–H groups in total. The van der Waals surface area contributed by atoms with Crippen molar-refractivity contribution < 1.29 is 25.8 Å². The van der Waals surface area contributed by atoms with Gasteiger partial charge in [0.25, 0.3) is 0 Å². The molecular weight excluding hydrogens is 820 g/mol. The summed E-state index contributed by atoms with van der Waals surface area (Å²) < 4.78 is 8.71. The van der Waals surface area contributed by atoms with E-state index in [1.165, 1.54) is 33.4 Å². The fourth-order valence-corrected chi connectivity index (χ4v) is 7.19. The maximum atomic E-state index is 6.52. The molecule has 264 valence electrons. The third kappa shape index (κ3) is 6.55. The Morgan fingerprint density at radius 1 is 0.712 bits per heavy atom. The fraction of sp³-hybridized carbons (Fsp3) is 0.174. The number of para-hydroxylation sites is 1. The molecule has 0 saturated heterocycles. The van der Waals surface area contributed by atoms with Crippen LogP contribution in [-0.2, 0) is 26.5 Å². The summed E-state index contributed by atoms with van der Waals surface area (Å²) in [7, 11) is 0. The van der Waals surface area contributed by atoms with Crippen LogP contribution in [0.4, 0.5) is 11.4 Å². The molecule has 0 spiro atoms. The number of hydrogen-bond acceptors (Lipinski definition) is 4. The predicted octanol–water partition coefficient (Wildman–Crippen LogP) is 11.5. The quantitative estimate of drug-likeness (QED) is 0.156. The van der Waals surface area contributed by atoms with Crippen LogP contribution >= 0.6 is 0 Å². The molecule has 0 saturated carbocycles. The Morgan fingerprint density at radius 2 is 1.42 bits per heavy atom. The second-order valence-corrected chi connectivity index (χ2v) is 14.6. The van der Waals surface area contributed by atoms with Gasteiger partial charge in [0.1, 0.15) is 5.82 Å². The maximum Gasteiger partial charge on any atom is 0.135 e. The van der Waals surface area contributed by atoms with E-state index in [4.69, 9.17) is 9.72 Å². The van der Waals surface area contributed by atoms with Gasteiger partial charge in [-0.05, 0) is 103 Å². The van der Waals surface area contributed by atoms with E-state index in [1.54, 1.807) is 0 Å². The third-order valence-corrected chi connectivity index (χ3v) is 9.63. The second kappa shape index (κ2) is 13.8. The van der Waals surface area contributed by atoms with Gasteiger partial charge >= 0.3 is 0 Å². The van der Waals surface area contributed by atoms with Crippen molar-refractivity contribution in [1.29, 1.82) is 0 Å². The van der Waals surface area contributed by atoms with Gasteiger partial charge in [0.2, 0.25) is 0 Å². The van der Waals surface area contributed by atoms with Gasteiger partial charge in [-0.15, -0.1) is 48.1 Å². The first-order chi connectivity index (χ1) is 24.5. The van der Waals surface area contributed by atoms with E-state index in [0.29, 0.717) is 11.5 Å². The number of aromatic nitrogens is 2. The number of aryl methyl sites for hydroxylation is 4. The van der Waals surface area contributed by atoms with Crippen molar-refractivity contribution in [1.82, 2.24) is 9.55 Å². The number of nitrogens with zero attached hydrogens (tertiary/aromatic N) is 4. The molecule has 5 aromatic carbocycles. The van der Waals surface area contributed by atoms with E-state index >= 15 is 0 Å². The second-order valence-electron chi connectivity index (χ2n) is 14.6. The zero-order valence-electron chi connectivity index (χ0n) is 30.6. The Kier molecular flexibility index (Phi) is 9.35. The largest absolute Gasteiger partial charge is 0.509 e. The summed E-state index contributed by atoms with van der Waals surface area (Å²) in [6.45, 7) is 17.5. The Hall–Kier alpha value is -5.12. The molecule has 3 heterocycles. The number of ether oxygens (including phenoxy) is 1. The molecule has 0 atom stereocenters. The van der Waals surface area contributed by atoms with Crippen molar-refractivity contribution in [2.24, 2.45) is 0 Å². The number of rotatable bonds is 6. The van der Waals surface area contributed by atoms with Crippen LogP contribution in [0.15, 0.2) is 116 Å². The summed E-state index contributed by atoms with van der Waals surface area (Å²) in [6, 6.07) is 43.1. The van der Waals surface area contributed by atoms with Crippen molar-refractivity contribution in [2.45, 2.75) is 53.9 Å². The van der Waals surface area contributed by atoms with E-state index in [0.717, 1.165) is 44.7 Å². The molecule has 7 aromatic rings. The molecule has 0 fully saturated rings. The fourth-order valence-electron chi connectivity index (χ4n) is 7.19. The molecule has 52 heavy (non-hydrogen) atoms. The summed E-state index contributed by atoms with van der Waals surface area (Å²) in [5.74, 6) is 2.08. The van der Waals surface area contributed by atoms with Crippen molar-refractivity contribution >= 4 is 38.9 Å². The Balaban J connectivity index is 0.00000420. The summed E-state index contributed by atoms with van der Waals surface area (Å²) in [5, 5.41) is 2.25. The van der Waals surface area contributed by atoms with Gasteiger partial charge in [-0.3, -0.25) is 0 Å². The Bertz CT molecular complexity index is 2450. The molecule has 0 aliphatic carbocycles. The summed E-state index contributed by atoms with van der Waals surface area (Å²) in [6.07, 6.45) is 4.09. The van der Waals surface area contributed by atoms with Gasteiger partial charge in [-0.2, -0.15) is 12.1 Å². The SMILES string of the molecule is Cc1cc(C)cc(N2[CH-]N(c3[c-]c(Oc4[c-]c5c(cc4)c4ccccc4n5-c4cc(C(C)(C)C)ccn4)ccc3)C=C2c2c(C)cccc2C)c1.[Pt]. The van der Waals surface area contributed by atoms with Gasteiger partial charge < -0.3 is 19.1 Å². The first kappa shape index (κ1) is 35.3. The van der Waals surface area contributed by atoms with E-state index < -0.39 is 0 Å². The molecular formula is C46H41N4OPt-3. The van der Waals surface area contributed by atoms with Crippen LogP contribution in [0.3, 0.4) is 0 Å². The number of hydrogen-bond donors (Lipinski definition) is 0. The van der Waals surface area contributed by atoms with Gasteiger partial charge in [0.05, 0.1) is 0 Å². The van der Waals surface area contributed by atoms with Crippen molar-refractivity contribution in [3.8, 4) is 17.3 Å². The van der Waals surface area contributed by atoms with Crippen LogP contribution in [0.25, 0.3) is 33.3 Å². The number of fused-ring (bicyclic) bond motifs is 3. The first-order valence-corrected chi connectivity index (χ1v) is 17.5. The number of pyridine rings is 1. The van der Waals surface area contributed by atoms with E-state index in [-0.39, 0.29) is 26.5 Å². The van der Waals surface area contributed by atoms with Crippen molar-refractivity contribution in [2.75, 3.05) is 9.80 Å². The van der Waals surface area contributed by atoms with Crippen LogP contribution in [0.1, 0.15) is 54.2 Å². The first-order valence-electron chi connectivity index (χ1n) is 17.5. The summed E-state index contributed by atoms with van der Waals surface area (Å²) >= 11 is 0. The van der Waals surface area contributed by atoms with Crippen LogP contribution < -0.4 is 14.5 Å². The van der Waals surface area contributed by atoms with E-state index in [9.17, 15) is 0 Å². The van der Waals surface area contributed by atoms with Crippen LogP contribution in [0.2, 0.25) is 0 Å². The minimum atomic E-state index is -0.00717. The zero-order chi connectivity index (χ0) is 35.4. The standard InChI is InChI=1S/C46H41N4O.Pt/c1-30-22-31(2)24-36(23-30)49-29-48(28-43(49)45-32(3)12-10-13-33(45)4)35-14-11-15-37(26-35)51-38-18-19-40-39-16-8-9-17-41(39)50(42(40)27-38)44-25-34(20-21-47-44)46(5,6)7;/h8-25,28-29H,1-7H3;/q-3;. The predicted molar refractivity (Wildman–Crippen MR) is 211 cm³/mol. The Labute approximate surface area is 321 Å². The number of anilines is 2. The van der Waals surface area contributed by atoms with Crippen molar-refractivity contribution in [3.63, 3.8) is 0 Å². The zero-order valence-corrected chi connectivity index (χ0v) is 32.8. The molecule has 0 radical (unpaired) electrons. The average Bonchev–Trinajstić information content (AvgIpc) is 3.67. The number of benzene rings is 5. The smallest absolute Gasteiger partial charge is 0.135 e. The minimum absolute atomic E-state index is 0. The average molecular weight is 861 g/mol. The van der Waals surface area contributed by atoms with Crippen LogP contribution in [0.5, 0.6) is 11.5 Å². The molecule has 5 nitrogen and oxygen atoms in total. The molecule has 0 amide bonds. The molecule has 1 aliphatic rings. The molecule has 8 rings (SSSR count). The van der Waals surface area contributed by atoms with Gasteiger partial charge in [-0.1, -0.05) is 68.8 Å². The third-order valence-electron chi connectivity index (χ3n) is 9.63. The summed E-state index contributed by atoms with van der Waals surface area (Å²) in [5.41, 5.74) is 12.5.